The summed E-state index contributed by atoms with van der Waals surface area (Å²) in [5.41, 5.74) is 8.07. The van der Waals surface area contributed by atoms with Crippen molar-refractivity contribution >= 4 is 9.84 Å². The Labute approximate surface area is 83.1 Å². The monoisotopic (exact) mass is 212 g/mol. The van der Waals surface area contributed by atoms with Crippen LogP contribution in [0.5, 0.6) is 0 Å². The van der Waals surface area contributed by atoms with Crippen LogP contribution < -0.4 is 5.73 Å². The number of sulfone groups is 1. The smallest absolute Gasteiger partial charge is 0.154 e. The number of aryl methyl sites for hydroxylation is 1. The minimum atomic E-state index is -2.90. The lowest BCUT2D eigenvalue weighted by Crippen LogP contribution is -2.20. The summed E-state index contributed by atoms with van der Waals surface area (Å²) < 4.78 is 22.7. The maximum Gasteiger partial charge on any atom is 0.154 e. The van der Waals surface area contributed by atoms with E-state index < -0.39 is 9.84 Å². The van der Waals surface area contributed by atoms with E-state index in [0.29, 0.717) is 13.0 Å². The lowest BCUT2D eigenvalue weighted by atomic mass is 10.1. The topological polar surface area (TPSA) is 73.0 Å². The third-order valence-corrected chi connectivity index (χ3v) is 3.95. The molecule has 0 fully saturated rings. The van der Waals surface area contributed by atoms with Crippen molar-refractivity contribution in [1.82, 2.24) is 4.98 Å². The van der Waals surface area contributed by atoms with Gasteiger partial charge in [0.2, 0.25) is 0 Å². The van der Waals surface area contributed by atoms with Crippen molar-refractivity contribution in [3.63, 3.8) is 0 Å². The summed E-state index contributed by atoms with van der Waals surface area (Å²) >= 11 is 0. The maximum atomic E-state index is 11.4. The molecule has 1 aliphatic rings. The zero-order valence-corrected chi connectivity index (χ0v) is 8.55. The molecule has 5 heteroatoms. The molecule has 2 heterocycles. The van der Waals surface area contributed by atoms with Crippen LogP contribution in [0.4, 0.5) is 0 Å². The molecule has 1 aromatic rings. The second-order valence-electron chi connectivity index (χ2n) is 3.50. The van der Waals surface area contributed by atoms with Crippen LogP contribution in [0.25, 0.3) is 0 Å². The predicted molar refractivity (Wildman–Crippen MR) is 53.3 cm³/mol. The van der Waals surface area contributed by atoms with Gasteiger partial charge in [-0.3, -0.25) is 4.98 Å². The highest BCUT2D eigenvalue weighted by atomic mass is 32.2. The normalized spacial score (nSPS) is 18.9. The minimum absolute atomic E-state index is 0.114. The van der Waals surface area contributed by atoms with Crippen molar-refractivity contribution in [2.45, 2.75) is 18.7 Å². The predicted octanol–water partition coefficient (Wildman–Crippen LogP) is 0.0112. The molecule has 0 atom stereocenters. The molecule has 0 saturated heterocycles. The molecular formula is C9H12N2O2S. The van der Waals surface area contributed by atoms with Crippen LogP contribution in [0, 0.1) is 0 Å². The van der Waals surface area contributed by atoms with Gasteiger partial charge in [0.25, 0.3) is 0 Å². The molecule has 76 valence electrons. The fourth-order valence-corrected chi connectivity index (χ4v) is 2.98. The van der Waals surface area contributed by atoms with Crippen LogP contribution in [0.3, 0.4) is 0 Å². The van der Waals surface area contributed by atoms with Crippen molar-refractivity contribution in [3.8, 4) is 0 Å². The molecule has 2 rings (SSSR count). The van der Waals surface area contributed by atoms with Gasteiger partial charge in [-0.1, -0.05) is 6.07 Å². The van der Waals surface area contributed by atoms with Crippen LogP contribution in [-0.4, -0.2) is 19.2 Å². The molecule has 1 aromatic heterocycles. The lowest BCUT2D eigenvalue weighted by Gasteiger charge is -2.15. The van der Waals surface area contributed by atoms with Crippen molar-refractivity contribution in [1.29, 1.82) is 0 Å². The number of nitrogens with zero attached hydrogens (tertiary/aromatic N) is 1. The fraction of sp³-hybridized carbons (Fsp3) is 0.444. The Hall–Kier alpha value is -0.940. The van der Waals surface area contributed by atoms with E-state index >= 15 is 0 Å². The minimum Gasteiger partial charge on any atom is -0.326 e. The van der Waals surface area contributed by atoms with E-state index in [0.717, 1.165) is 16.8 Å². The average Bonchev–Trinajstić information content (AvgIpc) is 2.15. The summed E-state index contributed by atoms with van der Waals surface area (Å²) in [4.78, 5) is 4.21. The van der Waals surface area contributed by atoms with Crippen LogP contribution in [-0.2, 0) is 28.6 Å². The summed E-state index contributed by atoms with van der Waals surface area (Å²) in [5, 5.41) is 0. The van der Waals surface area contributed by atoms with Crippen LogP contribution in [0.1, 0.15) is 16.8 Å². The molecular weight excluding hydrogens is 200 g/mol. The molecule has 0 aliphatic carbocycles. The van der Waals surface area contributed by atoms with E-state index in [-0.39, 0.29) is 11.5 Å². The Balaban J connectivity index is 2.44. The van der Waals surface area contributed by atoms with Crippen molar-refractivity contribution in [2.75, 3.05) is 5.75 Å². The van der Waals surface area contributed by atoms with Gasteiger partial charge in [-0.15, -0.1) is 0 Å². The van der Waals surface area contributed by atoms with E-state index in [4.69, 9.17) is 5.73 Å². The Morgan fingerprint density at radius 2 is 2.29 bits per heavy atom. The lowest BCUT2D eigenvalue weighted by molar-refractivity contribution is 0.590. The van der Waals surface area contributed by atoms with E-state index in [1.54, 1.807) is 6.20 Å². The standard InChI is InChI=1S/C9H12N2O2S/c10-4-7-3-8-6-14(12,13)2-1-9(8)11-5-7/h3,5H,1-2,4,6,10H2. The van der Waals surface area contributed by atoms with Crippen LogP contribution in [0.15, 0.2) is 12.3 Å². The first-order chi connectivity index (χ1) is 6.61. The first-order valence-electron chi connectivity index (χ1n) is 4.48. The molecule has 0 bridgehead atoms. The SMILES string of the molecule is NCc1cnc2c(c1)CS(=O)(=O)CC2. The molecule has 4 nitrogen and oxygen atoms in total. The Morgan fingerprint density at radius 1 is 1.50 bits per heavy atom. The molecule has 0 spiro atoms. The van der Waals surface area contributed by atoms with Crippen molar-refractivity contribution in [2.24, 2.45) is 5.73 Å². The van der Waals surface area contributed by atoms with E-state index in [9.17, 15) is 8.42 Å². The molecule has 2 N–H and O–H groups in total. The van der Waals surface area contributed by atoms with Gasteiger partial charge in [0, 0.05) is 24.9 Å². The number of nitrogens with two attached hydrogens (primary N) is 1. The fourth-order valence-electron chi connectivity index (χ4n) is 1.61. The summed E-state index contributed by atoms with van der Waals surface area (Å²) in [6.07, 6.45) is 2.25. The first kappa shape index (κ1) is 9.61. The number of pyridine rings is 1. The first-order valence-corrected chi connectivity index (χ1v) is 6.30. The van der Waals surface area contributed by atoms with Crippen LogP contribution >= 0.6 is 0 Å². The maximum absolute atomic E-state index is 11.4. The van der Waals surface area contributed by atoms with E-state index in [1.165, 1.54) is 0 Å². The van der Waals surface area contributed by atoms with Gasteiger partial charge in [0.1, 0.15) is 0 Å². The van der Waals surface area contributed by atoms with Gasteiger partial charge >= 0.3 is 0 Å². The largest absolute Gasteiger partial charge is 0.326 e. The van der Waals surface area contributed by atoms with E-state index in [1.807, 2.05) is 6.07 Å². The third kappa shape index (κ3) is 1.78. The van der Waals surface area contributed by atoms with Gasteiger partial charge in [-0.2, -0.15) is 0 Å². The van der Waals surface area contributed by atoms with E-state index in [2.05, 4.69) is 4.98 Å². The Kier molecular flexibility index (Phi) is 2.28. The average molecular weight is 212 g/mol. The zero-order chi connectivity index (χ0) is 10.2. The van der Waals surface area contributed by atoms with Crippen molar-refractivity contribution < 1.29 is 8.42 Å². The summed E-state index contributed by atoms with van der Waals surface area (Å²) in [6.45, 7) is 0.403. The number of rotatable bonds is 1. The zero-order valence-electron chi connectivity index (χ0n) is 7.73. The number of fused-ring (bicyclic) bond motifs is 1. The highest BCUT2D eigenvalue weighted by Gasteiger charge is 2.21. The van der Waals surface area contributed by atoms with Crippen molar-refractivity contribution in [3.05, 3.63) is 29.1 Å². The second kappa shape index (κ2) is 3.33. The van der Waals surface area contributed by atoms with Gasteiger partial charge < -0.3 is 5.73 Å². The summed E-state index contributed by atoms with van der Waals surface area (Å²) in [5.74, 6) is 0.331. The number of aromatic nitrogens is 1. The van der Waals surface area contributed by atoms with Crippen LogP contribution in [0.2, 0.25) is 0 Å². The molecule has 0 unspecified atom stereocenters. The molecule has 0 radical (unpaired) electrons. The van der Waals surface area contributed by atoms with Gasteiger partial charge in [-0.05, 0) is 11.1 Å². The highest BCUT2D eigenvalue weighted by molar-refractivity contribution is 7.90. The molecule has 14 heavy (non-hydrogen) atoms. The molecule has 1 aliphatic heterocycles. The quantitative estimate of drug-likeness (QED) is 0.711. The number of hydrogen-bond acceptors (Lipinski definition) is 4. The van der Waals surface area contributed by atoms with Gasteiger partial charge in [-0.25, -0.2) is 8.42 Å². The molecule has 0 amide bonds. The van der Waals surface area contributed by atoms with Gasteiger partial charge in [0.05, 0.1) is 11.5 Å². The van der Waals surface area contributed by atoms with Gasteiger partial charge in [0.15, 0.2) is 9.84 Å². The molecule has 0 aromatic carbocycles. The second-order valence-corrected chi connectivity index (χ2v) is 5.68. The summed E-state index contributed by atoms with van der Waals surface area (Å²) in [7, 11) is -2.90. The Morgan fingerprint density at radius 3 is 3.00 bits per heavy atom. The molecule has 0 saturated carbocycles. The third-order valence-electron chi connectivity index (χ3n) is 2.38. The Bertz CT molecular complexity index is 454. The summed E-state index contributed by atoms with van der Waals surface area (Å²) in [6, 6.07) is 1.85. The highest BCUT2D eigenvalue weighted by Crippen LogP contribution is 2.19. The number of hydrogen-bond donors (Lipinski definition) is 1.